The maximum Gasteiger partial charge on any atom is 0.263 e. The summed E-state index contributed by atoms with van der Waals surface area (Å²) >= 11 is 4.71. The Morgan fingerprint density at radius 2 is 2.05 bits per heavy atom. The van der Waals surface area contributed by atoms with Gasteiger partial charge in [-0.2, -0.15) is 0 Å². The summed E-state index contributed by atoms with van der Waals surface area (Å²) in [7, 11) is -3.61. The maximum absolute atomic E-state index is 12.5. The molecule has 0 aliphatic carbocycles. The molecule has 0 spiro atoms. The summed E-state index contributed by atoms with van der Waals surface area (Å²) in [5, 5.41) is 0.774. The number of sulfonamides is 1. The summed E-state index contributed by atoms with van der Waals surface area (Å²) in [4.78, 5) is 5.26. The summed E-state index contributed by atoms with van der Waals surface area (Å²) in [6.07, 6.45) is 1.68. The topological polar surface area (TPSA) is 59.1 Å². The molecule has 3 rings (SSSR count). The first-order valence-corrected chi connectivity index (χ1v) is 9.19. The van der Waals surface area contributed by atoms with Gasteiger partial charge >= 0.3 is 0 Å². The largest absolute Gasteiger partial charge is 0.279 e. The van der Waals surface area contributed by atoms with E-state index in [0.29, 0.717) is 10.6 Å². The number of pyridine rings is 1. The first-order chi connectivity index (χ1) is 9.97. The number of benzene rings is 1. The fourth-order valence-electron chi connectivity index (χ4n) is 2.09. The minimum absolute atomic E-state index is 0.292. The number of hydrogen-bond donors (Lipinski definition) is 1. The molecule has 21 heavy (non-hydrogen) atoms. The fraction of sp³-hybridized carbons (Fsp3) is 0.0714. The first kappa shape index (κ1) is 14.5. The molecule has 3 aromatic rings. The normalized spacial score (nSPS) is 11.7. The van der Waals surface area contributed by atoms with Crippen molar-refractivity contribution in [1.82, 2.24) is 4.98 Å². The van der Waals surface area contributed by atoms with Crippen LogP contribution in [0.3, 0.4) is 0 Å². The summed E-state index contributed by atoms with van der Waals surface area (Å²) in [6.45, 7) is 1.79. The molecule has 0 amide bonds. The molecule has 1 N–H and O–H groups in total. The number of nitrogens with one attached hydrogen (secondary N) is 1. The van der Waals surface area contributed by atoms with Gasteiger partial charge in [-0.25, -0.2) is 8.42 Å². The second-order valence-corrected chi connectivity index (χ2v) is 8.74. The van der Waals surface area contributed by atoms with Crippen LogP contribution < -0.4 is 4.72 Å². The number of nitrogens with zero attached hydrogens (tertiary/aromatic N) is 1. The minimum atomic E-state index is -3.61. The van der Waals surface area contributed by atoms with E-state index in [4.69, 9.17) is 0 Å². The zero-order chi connectivity index (χ0) is 15.0. The van der Waals surface area contributed by atoms with Gasteiger partial charge in [-0.3, -0.25) is 9.71 Å². The van der Waals surface area contributed by atoms with Crippen LogP contribution >= 0.6 is 27.3 Å². The van der Waals surface area contributed by atoms with Gasteiger partial charge in [-0.05, 0) is 53.2 Å². The summed E-state index contributed by atoms with van der Waals surface area (Å²) in [6, 6.07) is 10.6. The van der Waals surface area contributed by atoms with E-state index in [9.17, 15) is 8.42 Å². The third-order valence-corrected chi connectivity index (χ3v) is 6.20. The minimum Gasteiger partial charge on any atom is -0.279 e. The predicted octanol–water partition coefficient (Wildman–Crippen LogP) is 4.17. The highest BCUT2D eigenvalue weighted by Crippen LogP contribution is 2.32. The number of aromatic nitrogens is 1. The highest BCUT2D eigenvalue weighted by Gasteiger charge is 2.20. The highest BCUT2D eigenvalue weighted by molar-refractivity contribution is 9.11. The van der Waals surface area contributed by atoms with Crippen molar-refractivity contribution in [1.29, 1.82) is 0 Å². The number of aryl methyl sites for hydroxylation is 1. The quantitative estimate of drug-likeness (QED) is 0.739. The molecular formula is C14H11BrN2O2S2. The summed E-state index contributed by atoms with van der Waals surface area (Å²) < 4.78 is 28.5. The average Bonchev–Trinajstić information content (AvgIpc) is 2.79. The zero-order valence-corrected chi connectivity index (χ0v) is 14.2. The molecule has 0 aliphatic heterocycles. The summed E-state index contributed by atoms with van der Waals surface area (Å²) in [5.74, 6) is 0. The van der Waals surface area contributed by atoms with Crippen molar-refractivity contribution in [2.45, 2.75) is 11.8 Å². The van der Waals surface area contributed by atoms with Crippen LogP contribution in [0.4, 0.5) is 5.69 Å². The number of hydrogen-bond acceptors (Lipinski definition) is 4. The van der Waals surface area contributed by atoms with E-state index in [-0.39, 0.29) is 0 Å². The Hall–Kier alpha value is -1.44. The van der Waals surface area contributed by atoms with Gasteiger partial charge in [0.25, 0.3) is 10.0 Å². The number of rotatable bonds is 3. The smallest absolute Gasteiger partial charge is 0.263 e. The molecule has 7 heteroatoms. The Bertz CT molecular complexity index is 914. The van der Waals surface area contributed by atoms with E-state index < -0.39 is 10.0 Å². The molecule has 0 unspecified atom stereocenters. The number of fused-ring (bicyclic) bond motifs is 1. The Kier molecular flexibility index (Phi) is 3.73. The molecule has 2 heterocycles. The van der Waals surface area contributed by atoms with E-state index >= 15 is 0 Å². The van der Waals surface area contributed by atoms with Crippen LogP contribution in [0.1, 0.15) is 4.88 Å². The molecule has 0 saturated heterocycles. The Labute approximate surface area is 135 Å². The SMILES string of the molecule is Cc1sc(Br)cc1S(=O)(=O)Nc1cccc2ncccc12. The monoisotopic (exact) mass is 382 g/mol. The van der Waals surface area contributed by atoms with E-state index in [0.717, 1.165) is 19.6 Å². The van der Waals surface area contributed by atoms with Crippen LogP contribution in [0.2, 0.25) is 0 Å². The standard InChI is InChI=1S/C14H11BrN2O2S2/c1-9-13(8-14(15)20-9)21(18,19)17-12-6-2-5-11-10(12)4-3-7-16-11/h2-8,17H,1H3. The van der Waals surface area contributed by atoms with Crippen molar-refractivity contribution in [3.05, 3.63) is 51.3 Å². The maximum atomic E-state index is 12.5. The molecular weight excluding hydrogens is 372 g/mol. The molecule has 0 fully saturated rings. The third kappa shape index (κ3) is 2.81. The van der Waals surface area contributed by atoms with Crippen LogP contribution in [-0.4, -0.2) is 13.4 Å². The lowest BCUT2D eigenvalue weighted by Crippen LogP contribution is -2.13. The van der Waals surface area contributed by atoms with Gasteiger partial charge in [-0.15, -0.1) is 11.3 Å². The van der Waals surface area contributed by atoms with E-state index in [1.807, 2.05) is 12.1 Å². The third-order valence-electron chi connectivity index (χ3n) is 3.02. The van der Waals surface area contributed by atoms with Gasteiger partial charge in [0.1, 0.15) is 4.90 Å². The van der Waals surface area contributed by atoms with Crippen LogP contribution in [0.15, 0.2) is 51.3 Å². The molecule has 0 saturated carbocycles. The highest BCUT2D eigenvalue weighted by atomic mass is 79.9. The average molecular weight is 383 g/mol. The first-order valence-electron chi connectivity index (χ1n) is 6.10. The Morgan fingerprint density at radius 1 is 1.24 bits per heavy atom. The molecule has 0 radical (unpaired) electrons. The zero-order valence-electron chi connectivity index (χ0n) is 11.0. The number of thiophene rings is 1. The molecule has 4 nitrogen and oxygen atoms in total. The van der Waals surface area contributed by atoms with Crippen LogP contribution in [0, 0.1) is 6.92 Å². The fourth-order valence-corrected chi connectivity index (χ4v) is 5.58. The van der Waals surface area contributed by atoms with Crippen molar-refractivity contribution < 1.29 is 8.42 Å². The number of anilines is 1. The van der Waals surface area contributed by atoms with Crippen molar-refractivity contribution in [2.24, 2.45) is 0 Å². The summed E-state index contributed by atoms with van der Waals surface area (Å²) in [5.41, 5.74) is 1.28. The van der Waals surface area contributed by atoms with Gasteiger partial charge in [0.05, 0.1) is 15.0 Å². The molecule has 108 valence electrons. The van der Waals surface area contributed by atoms with E-state index in [1.54, 1.807) is 37.4 Å². The molecule has 1 aromatic carbocycles. The lowest BCUT2D eigenvalue weighted by molar-refractivity contribution is 0.601. The lowest BCUT2D eigenvalue weighted by Gasteiger charge is -2.10. The lowest BCUT2D eigenvalue weighted by atomic mass is 10.2. The molecule has 2 aromatic heterocycles. The van der Waals surface area contributed by atoms with Crippen molar-refractivity contribution in [2.75, 3.05) is 4.72 Å². The van der Waals surface area contributed by atoms with Crippen molar-refractivity contribution in [3.63, 3.8) is 0 Å². The van der Waals surface area contributed by atoms with Gasteiger partial charge in [-0.1, -0.05) is 6.07 Å². The van der Waals surface area contributed by atoms with Crippen molar-refractivity contribution in [3.8, 4) is 0 Å². The molecule has 0 bridgehead atoms. The Balaban J connectivity index is 2.08. The number of halogens is 1. The van der Waals surface area contributed by atoms with E-state index in [2.05, 4.69) is 25.6 Å². The van der Waals surface area contributed by atoms with Gasteiger partial charge in [0.2, 0.25) is 0 Å². The van der Waals surface area contributed by atoms with Gasteiger partial charge in [0.15, 0.2) is 0 Å². The Morgan fingerprint density at radius 3 is 2.76 bits per heavy atom. The van der Waals surface area contributed by atoms with E-state index in [1.165, 1.54) is 11.3 Å². The van der Waals surface area contributed by atoms with Crippen LogP contribution in [0.25, 0.3) is 10.9 Å². The van der Waals surface area contributed by atoms with Crippen LogP contribution in [-0.2, 0) is 10.0 Å². The van der Waals surface area contributed by atoms with Gasteiger partial charge < -0.3 is 0 Å². The van der Waals surface area contributed by atoms with Crippen LogP contribution in [0.5, 0.6) is 0 Å². The second-order valence-electron chi connectivity index (χ2n) is 4.45. The van der Waals surface area contributed by atoms with Crippen molar-refractivity contribution >= 4 is 53.9 Å². The molecule has 0 aliphatic rings. The molecule has 0 atom stereocenters. The van der Waals surface area contributed by atoms with Gasteiger partial charge in [0, 0.05) is 16.5 Å². The second kappa shape index (κ2) is 5.40. The predicted molar refractivity (Wildman–Crippen MR) is 89.3 cm³/mol.